The molecule has 0 spiro atoms. The molecule has 0 radical (unpaired) electrons. The van der Waals surface area contributed by atoms with Crippen molar-refractivity contribution in [3.05, 3.63) is 11.1 Å². The molecule has 1 N–H and O–H groups in total. The Hall–Kier alpha value is -1.62. The maximum Gasteiger partial charge on any atom is 0.160 e. The number of fused-ring (bicyclic) bond motifs is 4. The summed E-state index contributed by atoms with van der Waals surface area (Å²) in [5.74, 6) is -1.10. The predicted octanol–water partition coefficient (Wildman–Crippen LogP) is 3.22. The second-order valence-electron chi connectivity index (χ2n) is 11.2. The van der Waals surface area contributed by atoms with Gasteiger partial charge < -0.3 is 5.11 Å². The fourth-order valence-corrected chi connectivity index (χ4v) is 7.54. The highest BCUT2D eigenvalue weighted by atomic mass is 16.3. The lowest BCUT2D eigenvalue weighted by Gasteiger charge is -2.59. The lowest BCUT2D eigenvalue weighted by molar-refractivity contribution is -0.145. The Morgan fingerprint density at radius 1 is 0.966 bits per heavy atom. The van der Waals surface area contributed by atoms with Crippen molar-refractivity contribution in [2.24, 2.45) is 33.5 Å². The highest BCUT2D eigenvalue weighted by Crippen LogP contribution is 2.69. The van der Waals surface area contributed by atoms with Crippen LogP contribution in [-0.4, -0.2) is 34.3 Å². The van der Waals surface area contributed by atoms with Crippen LogP contribution in [0.2, 0.25) is 0 Å². The number of carbonyl (C=O) groups is 4. The van der Waals surface area contributed by atoms with Crippen molar-refractivity contribution in [1.29, 1.82) is 0 Å². The molecule has 4 aliphatic carbocycles. The zero-order valence-corrected chi connectivity index (χ0v) is 18.3. The third-order valence-corrected chi connectivity index (χ3v) is 9.61. The average molecular weight is 401 g/mol. The summed E-state index contributed by atoms with van der Waals surface area (Å²) in [4.78, 5) is 52.8. The summed E-state index contributed by atoms with van der Waals surface area (Å²) in [6.07, 6.45) is 1.12. The summed E-state index contributed by atoms with van der Waals surface area (Å²) in [6.45, 7) is 11.1. The number of aliphatic hydroxyl groups is 1. The van der Waals surface area contributed by atoms with Gasteiger partial charge in [-0.1, -0.05) is 27.7 Å². The molecule has 0 heterocycles. The van der Waals surface area contributed by atoms with Crippen molar-refractivity contribution < 1.29 is 24.3 Å². The Balaban J connectivity index is 1.99. The highest BCUT2D eigenvalue weighted by Gasteiger charge is 2.70. The van der Waals surface area contributed by atoms with Gasteiger partial charge in [0, 0.05) is 47.2 Å². The first-order valence-corrected chi connectivity index (χ1v) is 10.8. The number of ketones is 4. The van der Waals surface area contributed by atoms with Gasteiger partial charge in [0.25, 0.3) is 0 Å². The van der Waals surface area contributed by atoms with E-state index >= 15 is 0 Å². The quantitative estimate of drug-likeness (QED) is 0.730. The molecule has 29 heavy (non-hydrogen) atoms. The average Bonchev–Trinajstić information content (AvgIpc) is 2.81. The molecule has 2 saturated carbocycles. The van der Waals surface area contributed by atoms with Crippen LogP contribution in [-0.2, 0) is 19.2 Å². The van der Waals surface area contributed by atoms with Gasteiger partial charge in [0.05, 0.1) is 11.5 Å². The minimum atomic E-state index is -1.10. The first-order chi connectivity index (χ1) is 13.2. The smallest absolute Gasteiger partial charge is 0.160 e. The van der Waals surface area contributed by atoms with Gasteiger partial charge in [0.15, 0.2) is 11.6 Å². The van der Waals surface area contributed by atoms with Crippen molar-refractivity contribution in [2.45, 2.75) is 79.8 Å². The summed E-state index contributed by atoms with van der Waals surface area (Å²) in [5, 5.41) is 10.6. The molecule has 0 amide bonds. The third-order valence-electron chi connectivity index (χ3n) is 9.61. The summed E-state index contributed by atoms with van der Waals surface area (Å²) < 4.78 is 0. The van der Waals surface area contributed by atoms with Crippen molar-refractivity contribution in [2.75, 3.05) is 0 Å². The predicted molar refractivity (Wildman–Crippen MR) is 107 cm³/mol. The summed E-state index contributed by atoms with van der Waals surface area (Å²) in [6, 6.07) is 0. The molecule has 4 rings (SSSR count). The van der Waals surface area contributed by atoms with Crippen molar-refractivity contribution in [3.8, 4) is 0 Å². The van der Waals surface area contributed by atoms with E-state index in [9.17, 15) is 24.3 Å². The van der Waals surface area contributed by atoms with Crippen LogP contribution < -0.4 is 0 Å². The molecule has 158 valence electrons. The number of carbonyl (C=O) groups excluding carboxylic acids is 4. The number of Topliss-reactive ketones (excluding diaryl/α,β-unsaturated/α-hetero) is 4. The van der Waals surface area contributed by atoms with Gasteiger partial charge in [-0.15, -0.1) is 0 Å². The van der Waals surface area contributed by atoms with E-state index in [-0.39, 0.29) is 48.3 Å². The van der Waals surface area contributed by atoms with E-state index < -0.39 is 33.7 Å². The molecule has 0 aliphatic heterocycles. The van der Waals surface area contributed by atoms with E-state index in [1.54, 1.807) is 6.92 Å². The molecule has 0 aromatic carbocycles. The highest BCUT2D eigenvalue weighted by molar-refractivity contribution is 6.17. The second-order valence-corrected chi connectivity index (χ2v) is 11.2. The van der Waals surface area contributed by atoms with E-state index in [0.29, 0.717) is 24.0 Å². The maximum atomic E-state index is 13.6. The van der Waals surface area contributed by atoms with E-state index in [1.807, 2.05) is 27.7 Å². The second kappa shape index (κ2) is 5.75. The molecule has 0 bridgehead atoms. The number of hydrogen-bond donors (Lipinski definition) is 1. The maximum absolute atomic E-state index is 13.6. The van der Waals surface area contributed by atoms with Crippen LogP contribution in [0.3, 0.4) is 0 Å². The van der Waals surface area contributed by atoms with Crippen LogP contribution in [0.25, 0.3) is 0 Å². The molecule has 5 heteroatoms. The van der Waals surface area contributed by atoms with Crippen LogP contribution in [0.1, 0.15) is 73.6 Å². The lowest BCUT2D eigenvalue weighted by Crippen LogP contribution is -2.59. The molecule has 0 aromatic heterocycles. The van der Waals surface area contributed by atoms with Crippen molar-refractivity contribution >= 4 is 23.1 Å². The van der Waals surface area contributed by atoms with Crippen molar-refractivity contribution in [3.63, 3.8) is 0 Å². The minimum Gasteiger partial charge on any atom is -0.393 e. The number of aliphatic hydroxyl groups excluding tert-OH is 1. The van der Waals surface area contributed by atoms with Gasteiger partial charge in [-0.2, -0.15) is 0 Å². The molecule has 4 aliphatic rings. The Kier molecular flexibility index (Phi) is 4.09. The molecular weight excluding hydrogens is 368 g/mol. The largest absolute Gasteiger partial charge is 0.393 e. The Morgan fingerprint density at radius 3 is 2.17 bits per heavy atom. The zero-order chi connectivity index (χ0) is 21.7. The van der Waals surface area contributed by atoms with E-state index in [1.165, 1.54) is 6.92 Å². The first-order valence-electron chi connectivity index (χ1n) is 10.8. The van der Waals surface area contributed by atoms with Crippen LogP contribution in [0.4, 0.5) is 0 Å². The Labute approximate surface area is 172 Å². The van der Waals surface area contributed by atoms with E-state index in [0.717, 1.165) is 0 Å². The molecule has 5 nitrogen and oxygen atoms in total. The van der Waals surface area contributed by atoms with Gasteiger partial charge in [-0.3, -0.25) is 19.2 Å². The van der Waals surface area contributed by atoms with E-state index in [2.05, 4.69) is 0 Å². The zero-order valence-electron chi connectivity index (χ0n) is 18.3. The summed E-state index contributed by atoms with van der Waals surface area (Å²) in [5.41, 5.74) is -2.08. The van der Waals surface area contributed by atoms with Gasteiger partial charge in [0.2, 0.25) is 0 Å². The SMILES string of the molecule is CC(=O)[C@H]1CC(=O)[C@@]2(C)C3=C(C(=O)C[C@]12C)[C@@]1(C)CC[C@H](O)C(C)(C)[C@@H]1CC3=O. The van der Waals surface area contributed by atoms with Gasteiger partial charge in [-0.25, -0.2) is 0 Å². The third kappa shape index (κ3) is 2.20. The molecule has 6 atom stereocenters. The standard InChI is InChI=1S/C24H32O5/c1-12(25)13-9-18(29)24(6)20-14(26)10-16-21(2,3)17(28)7-8-22(16,4)19(20)15(27)11-23(13,24)5/h13,16-17,28H,7-11H2,1-6H3/t13-,16+,17+,22+,23-,24+/m1/s1. The van der Waals surface area contributed by atoms with Gasteiger partial charge >= 0.3 is 0 Å². The lowest BCUT2D eigenvalue weighted by atomic mass is 9.43. The topological polar surface area (TPSA) is 88.5 Å². The molecular formula is C24H32O5. The minimum absolute atomic E-state index is 0.0873. The van der Waals surface area contributed by atoms with Crippen molar-refractivity contribution in [1.82, 2.24) is 0 Å². The molecule has 0 aromatic rings. The Morgan fingerprint density at radius 2 is 1.59 bits per heavy atom. The van der Waals surface area contributed by atoms with Crippen LogP contribution in [0.5, 0.6) is 0 Å². The first kappa shape index (κ1) is 20.6. The Bertz CT molecular complexity index is 895. The fraction of sp³-hybridized carbons (Fsp3) is 0.750. The number of rotatable bonds is 1. The summed E-state index contributed by atoms with van der Waals surface area (Å²) >= 11 is 0. The molecule has 0 saturated heterocycles. The van der Waals surface area contributed by atoms with Crippen LogP contribution in [0.15, 0.2) is 11.1 Å². The fourth-order valence-electron chi connectivity index (χ4n) is 7.54. The van der Waals surface area contributed by atoms with Crippen LogP contribution in [0, 0.1) is 33.5 Å². The monoisotopic (exact) mass is 400 g/mol. The summed E-state index contributed by atoms with van der Waals surface area (Å²) in [7, 11) is 0. The number of hydrogen-bond acceptors (Lipinski definition) is 5. The number of allylic oxidation sites excluding steroid dienone is 2. The molecule has 0 unspecified atom stereocenters. The van der Waals surface area contributed by atoms with Gasteiger partial charge in [0.1, 0.15) is 11.6 Å². The van der Waals surface area contributed by atoms with Gasteiger partial charge in [-0.05, 0) is 38.0 Å². The van der Waals surface area contributed by atoms with E-state index in [4.69, 9.17) is 0 Å². The van der Waals surface area contributed by atoms with Crippen LogP contribution >= 0.6 is 0 Å². The molecule has 2 fully saturated rings. The normalized spacial score (nSPS) is 46.3.